The highest BCUT2D eigenvalue weighted by Crippen LogP contribution is 2.32. The predicted molar refractivity (Wildman–Crippen MR) is 111 cm³/mol. The molecule has 2 heterocycles. The maximum absolute atomic E-state index is 13.1. The summed E-state index contributed by atoms with van der Waals surface area (Å²) < 4.78 is 38.0. The molecule has 2 aromatic rings. The van der Waals surface area contributed by atoms with Crippen LogP contribution in [-0.4, -0.2) is 55.9 Å². The molecule has 0 bridgehead atoms. The summed E-state index contributed by atoms with van der Waals surface area (Å²) in [6.07, 6.45) is 1.55. The van der Waals surface area contributed by atoms with Crippen LogP contribution in [-0.2, 0) is 27.5 Å². The number of carbonyl (C=O) groups excluding carboxylic acids is 1. The molecular weight excluding hydrogens is 391 g/mol. The van der Waals surface area contributed by atoms with Gasteiger partial charge in [0.2, 0.25) is 5.91 Å². The fraction of sp³-hybridized carbons (Fsp3) is 0.409. The molecule has 29 heavy (non-hydrogen) atoms. The van der Waals surface area contributed by atoms with Crippen LogP contribution in [0.4, 0.5) is 10.1 Å². The lowest BCUT2D eigenvalue weighted by molar-refractivity contribution is -0.123. The summed E-state index contributed by atoms with van der Waals surface area (Å²) in [4.78, 5) is 16.7. The Morgan fingerprint density at radius 1 is 0.966 bits per heavy atom. The summed E-state index contributed by atoms with van der Waals surface area (Å²) in [6.45, 7) is 2.82. The second-order valence-corrected chi connectivity index (χ2v) is 10.00. The summed E-state index contributed by atoms with van der Waals surface area (Å²) in [5, 5.41) is 0. The number of halogens is 1. The molecule has 2 aromatic carbocycles. The maximum Gasteiger partial charge on any atom is 0.241 e. The topological polar surface area (TPSA) is 57.7 Å². The van der Waals surface area contributed by atoms with Gasteiger partial charge < -0.3 is 4.90 Å². The number of anilines is 1. The second-order valence-electron chi connectivity index (χ2n) is 7.84. The van der Waals surface area contributed by atoms with Crippen molar-refractivity contribution in [2.75, 3.05) is 29.5 Å². The largest absolute Gasteiger partial charge is 0.306 e. The zero-order chi connectivity index (χ0) is 20.6. The van der Waals surface area contributed by atoms with Crippen molar-refractivity contribution in [2.24, 2.45) is 0 Å². The minimum absolute atomic E-state index is 0.00795. The van der Waals surface area contributed by atoms with Gasteiger partial charge in [-0.2, -0.15) is 0 Å². The lowest BCUT2D eigenvalue weighted by atomic mass is 10.0. The first-order valence-electron chi connectivity index (χ1n) is 9.96. The second kappa shape index (κ2) is 7.88. The average Bonchev–Trinajstić information content (AvgIpc) is 3.02. The number of rotatable bonds is 5. The number of nitrogens with zero attached hydrogens (tertiary/aromatic N) is 2. The number of aryl methyl sites for hydroxylation is 1. The monoisotopic (exact) mass is 416 g/mol. The van der Waals surface area contributed by atoms with Gasteiger partial charge in [-0.3, -0.25) is 9.69 Å². The molecule has 0 N–H and O–H groups in total. The minimum atomic E-state index is -3.21. The van der Waals surface area contributed by atoms with Crippen molar-refractivity contribution >= 4 is 21.4 Å². The first-order chi connectivity index (χ1) is 13.9. The van der Waals surface area contributed by atoms with Gasteiger partial charge in [0, 0.05) is 18.3 Å². The van der Waals surface area contributed by atoms with E-state index in [0.717, 1.165) is 17.7 Å². The number of sulfone groups is 1. The van der Waals surface area contributed by atoms with Crippen LogP contribution in [0.1, 0.15) is 18.1 Å². The Bertz CT molecular complexity index is 990. The molecule has 2 fully saturated rings. The lowest BCUT2D eigenvalue weighted by Crippen LogP contribution is -2.62. The summed E-state index contributed by atoms with van der Waals surface area (Å²) >= 11 is 0. The minimum Gasteiger partial charge on any atom is -0.306 e. The summed E-state index contributed by atoms with van der Waals surface area (Å²) in [6, 6.07) is 13.5. The van der Waals surface area contributed by atoms with Crippen molar-refractivity contribution in [1.82, 2.24) is 4.90 Å². The van der Waals surface area contributed by atoms with E-state index in [2.05, 4.69) is 6.92 Å². The van der Waals surface area contributed by atoms with Gasteiger partial charge in [-0.25, -0.2) is 12.8 Å². The van der Waals surface area contributed by atoms with Crippen LogP contribution in [0.25, 0.3) is 0 Å². The van der Waals surface area contributed by atoms with E-state index < -0.39 is 9.84 Å². The number of amides is 1. The number of piperazine rings is 1. The zero-order valence-electron chi connectivity index (χ0n) is 16.4. The van der Waals surface area contributed by atoms with E-state index in [-0.39, 0.29) is 41.9 Å². The van der Waals surface area contributed by atoms with E-state index in [9.17, 15) is 17.6 Å². The third-order valence-corrected chi connectivity index (χ3v) is 7.62. The Balaban J connectivity index is 1.56. The van der Waals surface area contributed by atoms with E-state index in [0.29, 0.717) is 13.0 Å². The molecule has 0 spiro atoms. The Labute approximate surface area is 171 Å². The molecule has 2 aliphatic rings. The van der Waals surface area contributed by atoms with Gasteiger partial charge in [0.15, 0.2) is 9.84 Å². The number of hydrogen-bond donors (Lipinski definition) is 0. The third kappa shape index (κ3) is 4.21. The Kier molecular flexibility index (Phi) is 5.44. The van der Waals surface area contributed by atoms with Crippen LogP contribution >= 0.6 is 0 Å². The molecule has 0 aromatic heterocycles. The fourth-order valence-corrected chi connectivity index (χ4v) is 6.34. The predicted octanol–water partition coefficient (Wildman–Crippen LogP) is 2.45. The van der Waals surface area contributed by atoms with Crippen LogP contribution in [0.5, 0.6) is 0 Å². The van der Waals surface area contributed by atoms with E-state index in [4.69, 9.17) is 0 Å². The van der Waals surface area contributed by atoms with Gasteiger partial charge in [-0.1, -0.05) is 31.2 Å². The Morgan fingerprint density at radius 2 is 1.59 bits per heavy atom. The van der Waals surface area contributed by atoms with Crippen LogP contribution in [0, 0.1) is 5.82 Å². The molecular formula is C22H25FN2O3S. The van der Waals surface area contributed by atoms with E-state index >= 15 is 0 Å². The van der Waals surface area contributed by atoms with Crippen LogP contribution in [0.15, 0.2) is 48.5 Å². The van der Waals surface area contributed by atoms with Gasteiger partial charge in [-0.05, 0) is 48.2 Å². The first kappa shape index (κ1) is 20.0. The Morgan fingerprint density at radius 3 is 2.24 bits per heavy atom. The molecule has 154 valence electrons. The molecule has 4 rings (SSSR count). The number of benzene rings is 2. The number of carbonyl (C=O) groups is 1. The molecule has 0 aliphatic carbocycles. The smallest absolute Gasteiger partial charge is 0.241 e. The normalized spacial score (nSPS) is 23.9. The molecule has 0 unspecified atom stereocenters. The average molecular weight is 417 g/mol. The maximum atomic E-state index is 13.1. The molecule has 7 heteroatoms. The van der Waals surface area contributed by atoms with Crippen molar-refractivity contribution < 1.29 is 17.6 Å². The third-order valence-electron chi connectivity index (χ3n) is 5.92. The molecule has 2 aliphatic heterocycles. The molecule has 0 saturated carbocycles. The quantitative estimate of drug-likeness (QED) is 0.751. The Hall–Kier alpha value is -2.25. The lowest BCUT2D eigenvalue weighted by Gasteiger charge is -2.43. The van der Waals surface area contributed by atoms with Crippen LogP contribution < -0.4 is 4.90 Å². The molecule has 5 nitrogen and oxygen atoms in total. The number of hydrogen-bond acceptors (Lipinski definition) is 4. The van der Waals surface area contributed by atoms with E-state index in [1.165, 1.54) is 17.7 Å². The van der Waals surface area contributed by atoms with Gasteiger partial charge in [0.05, 0.1) is 24.1 Å². The summed E-state index contributed by atoms with van der Waals surface area (Å²) in [5.41, 5.74) is 2.90. The molecule has 0 radical (unpaired) electrons. The zero-order valence-corrected chi connectivity index (χ0v) is 17.2. The van der Waals surface area contributed by atoms with Crippen molar-refractivity contribution in [1.29, 1.82) is 0 Å². The summed E-state index contributed by atoms with van der Waals surface area (Å²) in [5.74, 6) is -0.301. The molecule has 1 amide bonds. The van der Waals surface area contributed by atoms with Crippen molar-refractivity contribution in [3.05, 3.63) is 65.5 Å². The molecule has 2 atom stereocenters. The van der Waals surface area contributed by atoms with Crippen LogP contribution in [0.2, 0.25) is 0 Å². The molecule has 2 saturated heterocycles. The van der Waals surface area contributed by atoms with Crippen molar-refractivity contribution in [3.63, 3.8) is 0 Å². The highest BCUT2D eigenvalue weighted by Gasteiger charge is 2.49. The van der Waals surface area contributed by atoms with Gasteiger partial charge in [-0.15, -0.1) is 0 Å². The van der Waals surface area contributed by atoms with Crippen molar-refractivity contribution in [3.8, 4) is 0 Å². The van der Waals surface area contributed by atoms with E-state index in [1.807, 2.05) is 29.2 Å². The van der Waals surface area contributed by atoms with Gasteiger partial charge >= 0.3 is 0 Å². The van der Waals surface area contributed by atoms with Gasteiger partial charge in [0.25, 0.3) is 0 Å². The van der Waals surface area contributed by atoms with Crippen molar-refractivity contribution in [2.45, 2.75) is 31.8 Å². The fourth-order valence-electron chi connectivity index (χ4n) is 4.35. The van der Waals surface area contributed by atoms with Crippen LogP contribution in [0.3, 0.4) is 0 Å². The SMILES string of the molecule is CCc1ccc(N2C(=O)CN(CCc3ccc(F)cc3)[C@H]3CS(=O)(=O)C[C@H]32)cc1. The summed E-state index contributed by atoms with van der Waals surface area (Å²) in [7, 11) is -3.21. The number of fused-ring (bicyclic) bond motifs is 1. The first-order valence-corrected chi connectivity index (χ1v) is 11.8. The van der Waals surface area contributed by atoms with E-state index in [1.54, 1.807) is 17.0 Å². The highest BCUT2D eigenvalue weighted by molar-refractivity contribution is 7.91. The van der Waals surface area contributed by atoms with Gasteiger partial charge in [0.1, 0.15) is 5.82 Å². The highest BCUT2D eigenvalue weighted by atomic mass is 32.2. The standard InChI is InChI=1S/C22H25FN2O3S/c1-2-16-5-9-19(10-6-16)25-21-15-29(27,28)14-20(21)24(13-22(25)26)12-11-17-3-7-18(23)8-4-17/h3-10,20-21H,2,11-15H2,1H3/t20-,21+/m0/s1.